The predicted molar refractivity (Wildman–Crippen MR) is 57.0 cm³/mol. The molecule has 0 amide bonds. The Morgan fingerprint density at radius 3 is 2.31 bits per heavy atom. The van der Waals surface area contributed by atoms with Crippen molar-refractivity contribution in [1.29, 1.82) is 0 Å². The molecule has 0 aromatic heterocycles. The first-order valence-corrected chi connectivity index (χ1v) is 4.76. The van der Waals surface area contributed by atoms with Crippen molar-refractivity contribution in [2.24, 2.45) is 16.1 Å². The highest BCUT2D eigenvalue weighted by atomic mass is 16.5. The second-order valence-corrected chi connectivity index (χ2v) is 4.44. The summed E-state index contributed by atoms with van der Waals surface area (Å²) in [4.78, 5) is 4.24. The van der Waals surface area contributed by atoms with Crippen LogP contribution in [-0.4, -0.2) is 25.1 Å². The van der Waals surface area contributed by atoms with Crippen LogP contribution in [-0.2, 0) is 4.74 Å². The van der Waals surface area contributed by atoms with Crippen LogP contribution in [0.25, 0.3) is 0 Å². The second kappa shape index (κ2) is 5.22. The van der Waals surface area contributed by atoms with Crippen molar-refractivity contribution in [3.05, 3.63) is 0 Å². The molecule has 0 aliphatic rings. The third kappa shape index (κ3) is 6.58. The molecule has 0 aliphatic carbocycles. The van der Waals surface area contributed by atoms with Crippen LogP contribution in [0.15, 0.2) is 4.99 Å². The molecule has 0 radical (unpaired) electrons. The highest BCUT2D eigenvalue weighted by Gasteiger charge is 2.14. The Hall–Kier alpha value is -0.570. The summed E-state index contributed by atoms with van der Waals surface area (Å²) in [6.45, 7) is 11.5. The number of nitrogens with two attached hydrogens (primary N) is 1. The lowest BCUT2D eigenvalue weighted by Gasteiger charge is -2.17. The highest BCUT2D eigenvalue weighted by molar-refractivity contribution is 5.85. The lowest BCUT2D eigenvalue weighted by Crippen LogP contribution is -2.29. The van der Waals surface area contributed by atoms with Crippen molar-refractivity contribution < 1.29 is 4.74 Å². The molecule has 3 nitrogen and oxygen atoms in total. The van der Waals surface area contributed by atoms with E-state index in [0.717, 1.165) is 0 Å². The van der Waals surface area contributed by atoms with E-state index < -0.39 is 0 Å². The Kier molecular flexibility index (Phi) is 4.99. The van der Waals surface area contributed by atoms with Crippen molar-refractivity contribution in [3.63, 3.8) is 0 Å². The molecular formula is C10H22N2O. The molecule has 13 heavy (non-hydrogen) atoms. The minimum absolute atomic E-state index is 0.0299. The quantitative estimate of drug-likeness (QED) is 0.413. The molecule has 0 aromatic rings. The van der Waals surface area contributed by atoms with Gasteiger partial charge in [0.05, 0.1) is 25.1 Å². The van der Waals surface area contributed by atoms with Gasteiger partial charge < -0.3 is 10.5 Å². The average Bonchev–Trinajstić information content (AvgIpc) is 1.95. The van der Waals surface area contributed by atoms with Gasteiger partial charge in [-0.3, -0.25) is 4.99 Å². The fraction of sp³-hybridized carbons (Fsp3) is 0.900. The maximum atomic E-state index is 5.76. The number of hydrogen-bond acceptors (Lipinski definition) is 2. The topological polar surface area (TPSA) is 47.6 Å². The standard InChI is InChI=1S/C10H22N2O/c1-8(2)13-7-6-12-9(11)10(3,4)5/h8H,6-7H2,1-5H3,(H2,11,12). The molecule has 0 bridgehead atoms. The lowest BCUT2D eigenvalue weighted by atomic mass is 9.95. The fourth-order valence-corrected chi connectivity index (χ4v) is 0.692. The van der Waals surface area contributed by atoms with Gasteiger partial charge in [-0.1, -0.05) is 20.8 Å². The van der Waals surface area contributed by atoms with E-state index in [9.17, 15) is 0 Å². The molecule has 0 fully saturated rings. The maximum absolute atomic E-state index is 5.76. The molecule has 0 aliphatic heterocycles. The Labute approximate surface area is 81.4 Å². The van der Waals surface area contributed by atoms with E-state index in [0.29, 0.717) is 19.0 Å². The van der Waals surface area contributed by atoms with Crippen LogP contribution < -0.4 is 5.73 Å². The summed E-state index contributed by atoms with van der Waals surface area (Å²) in [7, 11) is 0. The summed E-state index contributed by atoms with van der Waals surface area (Å²) in [5.74, 6) is 0.694. The monoisotopic (exact) mass is 186 g/mol. The van der Waals surface area contributed by atoms with Gasteiger partial charge >= 0.3 is 0 Å². The van der Waals surface area contributed by atoms with Gasteiger partial charge in [-0.05, 0) is 13.8 Å². The number of nitrogens with zero attached hydrogens (tertiary/aromatic N) is 1. The number of ether oxygens (including phenoxy) is 1. The normalized spacial score (nSPS) is 13.8. The van der Waals surface area contributed by atoms with E-state index in [4.69, 9.17) is 10.5 Å². The summed E-state index contributed by atoms with van der Waals surface area (Å²) in [6, 6.07) is 0. The van der Waals surface area contributed by atoms with E-state index in [1.165, 1.54) is 0 Å². The molecule has 0 unspecified atom stereocenters. The molecule has 3 heteroatoms. The van der Waals surface area contributed by atoms with Crippen molar-refractivity contribution >= 4 is 5.84 Å². The van der Waals surface area contributed by atoms with Crippen molar-refractivity contribution in [2.75, 3.05) is 13.2 Å². The summed E-state index contributed by atoms with van der Waals surface area (Å²) < 4.78 is 5.34. The van der Waals surface area contributed by atoms with E-state index in [1.807, 2.05) is 13.8 Å². The largest absolute Gasteiger partial charge is 0.387 e. The van der Waals surface area contributed by atoms with Crippen LogP contribution in [0.1, 0.15) is 34.6 Å². The van der Waals surface area contributed by atoms with Gasteiger partial charge in [-0.15, -0.1) is 0 Å². The predicted octanol–water partition coefficient (Wildman–Crippen LogP) is 1.81. The van der Waals surface area contributed by atoms with E-state index in [-0.39, 0.29) is 11.5 Å². The number of aliphatic imine (C=N–C) groups is 1. The van der Waals surface area contributed by atoms with Crippen LogP contribution in [0.5, 0.6) is 0 Å². The van der Waals surface area contributed by atoms with Gasteiger partial charge in [0.2, 0.25) is 0 Å². The zero-order valence-electron chi connectivity index (χ0n) is 9.42. The molecule has 0 saturated carbocycles. The lowest BCUT2D eigenvalue weighted by molar-refractivity contribution is 0.0852. The first kappa shape index (κ1) is 12.4. The smallest absolute Gasteiger partial charge is 0.0992 e. The van der Waals surface area contributed by atoms with Gasteiger partial charge in [0.25, 0.3) is 0 Å². The Morgan fingerprint density at radius 1 is 1.38 bits per heavy atom. The molecule has 0 atom stereocenters. The van der Waals surface area contributed by atoms with Crippen LogP contribution >= 0.6 is 0 Å². The SMILES string of the molecule is CC(C)OCCN=C(N)C(C)(C)C. The Bertz CT molecular complexity index is 168. The van der Waals surface area contributed by atoms with E-state index in [2.05, 4.69) is 25.8 Å². The Balaban J connectivity index is 3.73. The van der Waals surface area contributed by atoms with Crippen LogP contribution in [0.2, 0.25) is 0 Å². The van der Waals surface area contributed by atoms with Crippen molar-refractivity contribution in [1.82, 2.24) is 0 Å². The summed E-state index contributed by atoms with van der Waals surface area (Å²) >= 11 is 0. The third-order valence-corrected chi connectivity index (χ3v) is 1.59. The summed E-state index contributed by atoms with van der Waals surface area (Å²) in [5.41, 5.74) is 5.73. The maximum Gasteiger partial charge on any atom is 0.0992 e. The second-order valence-electron chi connectivity index (χ2n) is 4.44. The number of rotatable bonds is 4. The first-order valence-electron chi connectivity index (χ1n) is 4.76. The van der Waals surface area contributed by atoms with Crippen LogP contribution in [0.4, 0.5) is 0 Å². The molecule has 0 spiro atoms. The zero-order chi connectivity index (χ0) is 10.5. The van der Waals surface area contributed by atoms with Crippen molar-refractivity contribution in [2.45, 2.75) is 40.7 Å². The minimum Gasteiger partial charge on any atom is -0.387 e. The van der Waals surface area contributed by atoms with E-state index in [1.54, 1.807) is 0 Å². The van der Waals surface area contributed by atoms with Gasteiger partial charge in [0.15, 0.2) is 0 Å². The van der Waals surface area contributed by atoms with E-state index >= 15 is 0 Å². The number of hydrogen-bond donors (Lipinski definition) is 1. The average molecular weight is 186 g/mol. The van der Waals surface area contributed by atoms with Gasteiger partial charge in [0, 0.05) is 5.41 Å². The molecule has 0 rings (SSSR count). The number of amidine groups is 1. The zero-order valence-corrected chi connectivity index (χ0v) is 9.42. The highest BCUT2D eigenvalue weighted by Crippen LogP contribution is 2.12. The van der Waals surface area contributed by atoms with Crippen LogP contribution in [0.3, 0.4) is 0 Å². The summed E-state index contributed by atoms with van der Waals surface area (Å²) in [5, 5.41) is 0. The molecule has 2 N–H and O–H groups in total. The molecule has 78 valence electrons. The van der Waals surface area contributed by atoms with Crippen molar-refractivity contribution in [3.8, 4) is 0 Å². The van der Waals surface area contributed by atoms with Crippen LogP contribution in [0, 0.1) is 5.41 Å². The minimum atomic E-state index is -0.0299. The summed E-state index contributed by atoms with van der Waals surface area (Å²) in [6.07, 6.45) is 0.270. The van der Waals surface area contributed by atoms with Gasteiger partial charge in [-0.2, -0.15) is 0 Å². The fourth-order valence-electron chi connectivity index (χ4n) is 0.692. The molecule has 0 aromatic carbocycles. The van der Waals surface area contributed by atoms with Gasteiger partial charge in [-0.25, -0.2) is 0 Å². The molecule has 0 saturated heterocycles. The third-order valence-electron chi connectivity index (χ3n) is 1.59. The first-order chi connectivity index (χ1) is 5.84. The van der Waals surface area contributed by atoms with Gasteiger partial charge in [0.1, 0.15) is 0 Å². The molecular weight excluding hydrogens is 164 g/mol. The Morgan fingerprint density at radius 2 is 1.92 bits per heavy atom. The molecule has 0 heterocycles.